The minimum absolute atomic E-state index is 0.0730. The van der Waals surface area contributed by atoms with Crippen molar-refractivity contribution in [3.8, 4) is 5.75 Å². The van der Waals surface area contributed by atoms with E-state index >= 15 is 0 Å². The number of rotatable bonds is 1. The predicted octanol–water partition coefficient (Wildman–Crippen LogP) is 5.44. The van der Waals surface area contributed by atoms with Crippen LogP contribution >= 0.6 is 43.5 Å². The molecule has 1 heterocycles. The number of halogens is 6. The van der Waals surface area contributed by atoms with E-state index in [9.17, 15) is 13.2 Å². The Balaban J connectivity index is 2.91. The zero-order chi connectivity index (χ0) is 14.4. The van der Waals surface area contributed by atoms with Crippen LogP contribution in [0.3, 0.4) is 0 Å². The molecule has 0 radical (unpaired) electrons. The van der Waals surface area contributed by atoms with Crippen molar-refractivity contribution in [3.63, 3.8) is 0 Å². The van der Waals surface area contributed by atoms with Crippen molar-refractivity contribution in [3.05, 3.63) is 31.8 Å². The van der Waals surface area contributed by atoms with E-state index in [4.69, 9.17) is 16.3 Å². The van der Waals surface area contributed by atoms with Crippen molar-refractivity contribution >= 4 is 54.4 Å². The lowest BCUT2D eigenvalue weighted by Gasteiger charge is -2.13. The topological polar surface area (TPSA) is 22.1 Å². The van der Waals surface area contributed by atoms with Gasteiger partial charge in [-0.2, -0.15) is 13.2 Å². The molecule has 0 aliphatic heterocycles. The van der Waals surface area contributed by atoms with Gasteiger partial charge in [-0.05, 0) is 44.0 Å². The van der Waals surface area contributed by atoms with E-state index in [1.54, 1.807) is 6.07 Å². The molecule has 1 aromatic heterocycles. The Morgan fingerprint density at radius 3 is 2.37 bits per heavy atom. The van der Waals surface area contributed by atoms with E-state index in [1.165, 1.54) is 7.11 Å². The Kier molecular flexibility index (Phi) is 3.99. The lowest BCUT2D eigenvalue weighted by atomic mass is 10.1. The zero-order valence-corrected chi connectivity index (χ0v) is 13.2. The van der Waals surface area contributed by atoms with Crippen molar-refractivity contribution in [2.75, 3.05) is 7.11 Å². The smallest absolute Gasteiger partial charge is 0.433 e. The Bertz CT molecular complexity index is 661. The van der Waals surface area contributed by atoms with E-state index in [0.717, 1.165) is 6.07 Å². The number of pyridine rings is 1. The van der Waals surface area contributed by atoms with Gasteiger partial charge in [-0.15, -0.1) is 0 Å². The van der Waals surface area contributed by atoms with Crippen molar-refractivity contribution < 1.29 is 17.9 Å². The summed E-state index contributed by atoms with van der Waals surface area (Å²) in [5.74, 6) is 0.337. The van der Waals surface area contributed by atoms with Gasteiger partial charge in [0.05, 0.1) is 27.5 Å². The summed E-state index contributed by atoms with van der Waals surface area (Å²) in [5, 5.41) is 0.245. The molecule has 2 nitrogen and oxygen atoms in total. The fourth-order valence-corrected chi connectivity index (χ4v) is 3.30. The molecule has 0 aliphatic carbocycles. The highest BCUT2D eigenvalue weighted by atomic mass is 79.9. The molecule has 0 N–H and O–H groups in total. The van der Waals surface area contributed by atoms with Crippen LogP contribution in [0.2, 0.25) is 5.02 Å². The maximum atomic E-state index is 12.7. The second kappa shape index (κ2) is 5.10. The molecule has 2 rings (SSSR count). The molecule has 0 saturated carbocycles. The molecule has 19 heavy (non-hydrogen) atoms. The molecule has 8 heteroatoms. The molecule has 0 bridgehead atoms. The normalized spacial score (nSPS) is 11.9. The van der Waals surface area contributed by atoms with Gasteiger partial charge in [0.15, 0.2) is 0 Å². The van der Waals surface area contributed by atoms with Crippen LogP contribution in [0, 0.1) is 0 Å². The Morgan fingerprint density at radius 2 is 1.84 bits per heavy atom. The number of fused-ring (bicyclic) bond motifs is 1. The first kappa shape index (κ1) is 14.9. The first-order valence-electron chi connectivity index (χ1n) is 4.85. The molecule has 0 saturated heterocycles. The summed E-state index contributed by atoms with van der Waals surface area (Å²) in [7, 11) is 1.40. The first-order chi connectivity index (χ1) is 8.75. The molecular weight excluding hydrogens is 414 g/mol. The predicted molar refractivity (Wildman–Crippen MR) is 73.7 cm³/mol. The van der Waals surface area contributed by atoms with Gasteiger partial charge in [-0.25, -0.2) is 4.98 Å². The molecule has 0 amide bonds. The van der Waals surface area contributed by atoms with Gasteiger partial charge in [0.25, 0.3) is 0 Å². The monoisotopic (exact) mass is 417 g/mol. The number of nitrogens with zero attached hydrogens (tertiary/aromatic N) is 1. The van der Waals surface area contributed by atoms with E-state index < -0.39 is 11.9 Å². The number of ether oxygens (including phenoxy) is 1. The quantitative estimate of drug-likeness (QED) is 0.614. The zero-order valence-electron chi connectivity index (χ0n) is 9.28. The number of benzene rings is 1. The highest BCUT2D eigenvalue weighted by molar-refractivity contribution is 9.11. The van der Waals surface area contributed by atoms with Crippen LogP contribution in [0.25, 0.3) is 10.9 Å². The van der Waals surface area contributed by atoms with E-state index in [1.807, 2.05) is 0 Å². The Labute approximate surface area is 128 Å². The average Bonchev–Trinajstić information content (AvgIpc) is 2.29. The summed E-state index contributed by atoms with van der Waals surface area (Å²) in [6.45, 7) is 0. The van der Waals surface area contributed by atoms with Gasteiger partial charge < -0.3 is 4.74 Å². The summed E-state index contributed by atoms with van der Waals surface area (Å²) >= 11 is 12.4. The molecule has 0 spiro atoms. The molecular formula is C11H5Br2ClF3NO. The highest BCUT2D eigenvalue weighted by Crippen LogP contribution is 2.43. The number of aromatic nitrogens is 1. The van der Waals surface area contributed by atoms with Gasteiger partial charge >= 0.3 is 6.18 Å². The van der Waals surface area contributed by atoms with Crippen molar-refractivity contribution in [2.45, 2.75) is 6.18 Å². The van der Waals surface area contributed by atoms with Crippen LogP contribution in [0.15, 0.2) is 21.1 Å². The largest absolute Gasteiger partial charge is 0.495 e. The molecule has 1 aromatic carbocycles. The molecule has 0 fully saturated rings. The van der Waals surface area contributed by atoms with Gasteiger partial charge in [-0.3, -0.25) is 0 Å². The molecule has 0 unspecified atom stereocenters. The van der Waals surface area contributed by atoms with Crippen LogP contribution in [0.5, 0.6) is 5.75 Å². The highest BCUT2D eigenvalue weighted by Gasteiger charge is 2.34. The first-order valence-corrected chi connectivity index (χ1v) is 6.81. The van der Waals surface area contributed by atoms with Gasteiger partial charge in [0.2, 0.25) is 0 Å². The Morgan fingerprint density at radius 1 is 1.21 bits per heavy atom. The summed E-state index contributed by atoms with van der Waals surface area (Å²) in [6.07, 6.45) is -4.56. The lowest BCUT2D eigenvalue weighted by Crippen LogP contribution is -2.08. The van der Waals surface area contributed by atoms with Crippen LogP contribution in [0.1, 0.15) is 5.69 Å². The fraction of sp³-hybridized carbons (Fsp3) is 0.182. The summed E-state index contributed by atoms with van der Waals surface area (Å²) < 4.78 is 44.2. The molecule has 2 aromatic rings. The second-order valence-corrected chi connectivity index (χ2v) is 5.70. The number of hydrogen-bond acceptors (Lipinski definition) is 2. The van der Waals surface area contributed by atoms with Gasteiger partial charge in [-0.1, -0.05) is 11.6 Å². The summed E-state index contributed by atoms with van der Waals surface area (Å²) in [4.78, 5) is 3.60. The standard InChI is InChI=1S/C11H5Br2ClF3NO/c1-19-10-5(13)2-4(12)9-8(10)6(14)3-7(18-9)11(15,16)17/h2-3H,1H3. The Hall–Kier alpha value is -0.530. The third kappa shape index (κ3) is 2.68. The van der Waals surface area contributed by atoms with Gasteiger partial charge in [0.1, 0.15) is 11.4 Å². The number of hydrogen-bond donors (Lipinski definition) is 0. The fourth-order valence-electron chi connectivity index (χ4n) is 1.61. The minimum Gasteiger partial charge on any atom is -0.495 e. The lowest BCUT2D eigenvalue weighted by molar-refractivity contribution is -0.140. The number of alkyl halides is 3. The molecule has 0 atom stereocenters. The van der Waals surface area contributed by atoms with Crippen LogP contribution in [-0.4, -0.2) is 12.1 Å². The van der Waals surface area contributed by atoms with Crippen molar-refractivity contribution in [1.29, 1.82) is 0 Å². The second-order valence-electron chi connectivity index (χ2n) is 3.58. The summed E-state index contributed by atoms with van der Waals surface area (Å²) in [6, 6.07) is 2.34. The number of methoxy groups -OCH3 is 1. The minimum atomic E-state index is -4.56. The van der Waals surface area contributed by atoms with Crippen molar-refractivity contribution in [2.24, 2.45) is 0 Å². The maximum Gasteiger partial charge on any atom is 0.433 e. The van der Waals surface area contributed by atoms with Crippen LogP contribution in [0.4, 0.5) is 13.2 Å². The van der Waals surface area contributed by atoms with E-state index in [2.05, 4.69) is 36.8 Å². The third-order valence-corrected chi connectivity index (χ3v) is 3.88. The SMILES string of the molecule is COc1c(Br)cc(Br)c2nc(C(F)(F)F)cc(Cl)c12. The molecule has 0 aliphatic rings. The van der Waals surface area contributed by atoms with E-state index in [0.29, 0.717) is 20.1 Å². The molecule has 102 valence electrons. The van der Waals surface area contributed by atoms with Gasteiger partial charge in [0, 0.05) is 4.47 Å². The van der Waals surface area contributed by atoms with Crippen LogP contribution in [-0.2, 0) is 6.18 Å². The average molecular weight is 419 g/mol. The maximum absolute atomic E-state index is 12.7. The van der Waals surface area contributed by atoms with E-state index in [-0.39, 0.29) is 10.5 Å². The van der Waals surface area contributed by atoms with Crippen molar-refractivity contribution in [1.82, 2.24) is 4.98 Å². The summed E-state index contributed by atoms with van der Waals surface area (Å²) in [5.41, 5.74) is -0.949. The van der Waals surface area contributed by atoms with Crippen LogP contribution < -0.4 is 4.74 Å². The third-order valence-electron chi connectivity index (χ3n) is 2.39.